The number of aliphatic hydroxyl groups is 1. The Labute approximate surface area is 75.6 Å². The summed E-state index contributed by atoms with van der Waals surface area (Å²) in [6, 6.07) is 0. The normalized spacial score (nSPS) is 20.0. The Balaban J connectivity index is 2.14. The number of hydrogen-bond donors (Lipinski definition) is 1. The molecule has 1 aliphatic rings. The van der Waals surface area contributed by atoms with Crippen molar-refractivity contribution in [3.8, 4) is 0 Å². The van der Waals surface area contributed by atoms with Crippen molar-refractivity contribution in [3.63, 3.8) is 0 Å². The van der Waals surface area contributed by atoms with Gasteiger partial charge in [-0.2, -0.15) is 0 Å². The standard InChI is InChI=1S/C10H21NO/c1-3-11(6-9(2)8-12)7-10-4-5-10/h9-10,12H,3-8H2,1-2H3. The third-order valence-corrected chi connectivity index (χ3v) is 2.54. The third-order valence-electron chi connectivity index (χ3n) is 2.54. The fourth-order valence-corrected chi connectivity index (χ4v) is 1.50. The summed E-state index contributed by atoms with van der Waals surface area (Å²) >= 11 is 0. The topological polar surface area (TPSA) is 23.5 Å². The molecule has 0 spiro atoms. The van der Waals surface area contributed by atoms with Crippen LogP contribution < -0.4 is 0 Å². The van der Waals surface area contributed by atoms with E-state index in [1.54, 1.807) is 0 Å². The molecule has 1 rings (SSSR count). The molecule has 0 aromatic rings. The van der Waals surface area contributed by atoms with Gasteiger partial charge >= 0.3 is 0 Å². The van der Waals surface area contributed by atoms with Crippen LogP contribution >= 0.6 is 0 Å². The Kier molecular flexibility index (Phi) is 4.02. The molecule has 0 saturated heterocycles. The predicted molar refractivity (Wildman–Crippen MR) is 51.1 cm³/mol. The first-order valence-electron chi connectivity index (χ1n) is 5.09. The van der Waals surface area contributed by atoms with Crippen molar-refractivity contribution in [1.29, 1.82) is 0 Å². The maximum absolute atomic E-state index is 8.90. The maximum Gasteiger partial charge on any atom is 0.0468 e. The van der Waals surface area contributed by atoms with Gasteiger partial charge in [-0.05, 0) is 31.2 Å². The van der Waals surface area contributed by atoms with Gasteiger partial charge in [0.2, 0.25) is 0 Å². The van der Waals surface area contributed by atoms with Crippen molar-refractivity contribution in [2.24, 2.45) is 11.8 Å². The molecular weight excluding hydrogens is 150 g/mol. The minimum Gasteiger partial charge on any atom is -0.396 e. The van der Waals surface area contributed by atoms with Crippen LogP contribution in [-0.4, -0.2) is 36.2 Å². The van der Waals surface area contributed by atoms with Gasteiger partial charge in [0, 0.05) is 19.7 Å². The molecule has 1 unspecified atom stereocenters. The molecule has 1 aliphatic carbocycles. The summed E-state index contributed by atoms with van der Waals surface area (Å²) in [5, 5.41) is 8.90. The molecule has 0 aromatic heterocycles. The number of nitrogens with zero attached hydrogens (tertiary/aromatic N) is 1. The van der Waals surface area contributed by atoms with E-state index >= 15 is 0 Å². The van der Waals surface area contributed by atoms with Crippen LogP contribution in [-0.2, 0) is 0 Å². The number of aliphatic hydroxyl groups excluding tert-OH is 1. The number of hydrogen-bond acceptors (Lipinski definition) is 2. The zero-order chi connectivity index (χ0) is 8.97. The average Bonchev–Trinajstić information content (AvgIpc) is 2.86. The molecular formula is C10H21NO. The van der Waals surface area contributed by atoms with E-state index < -0.39 is 0 Å². The summed E-state index contributed by atoms with van der Waals surface area (Å²) in [7, 11) is 0. The average molecular weight is 171 g/mol. The molecule has 1 N–H and O–H groups in total. The highest BCUT2D eigenvalue weighted by Crippen LogP contribution is 2.29. The van der Waals surface area contributed by atoms with Crippen LogP contribution in [0.2, 0.25) is 0 Å². The van der Waals surface area contributed by atoms with Crippen LogP contribution in [0.5, 0.6) is 0 Å². The van der Waals surface area contributed by atoms with Gasteiger partial charge < -0.3 is 10.0 Å². The smallest absolute Gasteiger partial charge is 0.0468 e. The highest BCUT2D eigenvalue weighted by molar-refractivity contribution is 4.77. The maximum atomic E-state index is 8.90. The highest BCUT2D eigenvalue weighted by Gasteiger charge is 2.23. The van der Waals surface area contributed by atoms with E-state index in [9.17, 15) is 0 Å². The van der Waals surface area contributed by atoms with Gasteiger partial charge in [0.15, 0.2) is 0 Å². The summed E-state index contributed by atoms with van der Waals surface area (Å²) in [4.78, 5) is 2.46. The first-order valence-corrected chi connectivity index (χ1v) is 5.09. The van der Waals surface area contributed by atoms with E-state index in [0.29, 0.717) is 12.5 Å². The predicted octanol–water partition coefficient (Wildman–Crippen LogP) is 1.35. The molecule has 12 heavy (non-hydrogen) atoms. The van der Waals surface area contributed by atoms with Crippen LogP contribution in [0.15, 0.2) is 0 Å². The van der Waals surface area contributed by atoms with Crippen molar-refractivity contribution in [2.45, 2.75) is 26.7 Å². The van der Waals surface area contributed by atoms with Crippen molar-refractivity contribution in [2.75, 3.05) is 26.2 Å². The Morgan fingerprint density at radius 3 is 2.58 bits per heavy atom. The summed E-state index contributed by atoms with van der Waals surface area (Å²) in [5.74, 6) is 1.40. The molecule has 1 atom stereocenters. The summed E-state index contributed by atoms with van der Waals surface area (Å²) in [6.07, 6.45) is 2.84. The summed E-state index contributed by atoms with van der Waals surface area (Å²) in [6.45, 7) is 8.06. The Morgan fingerprint density at radius 1 is 1.50 bits per heavy atom. The van der Waals surface area contributed by atoms with Gasteiger partial charge in [-0.1, -0.05) is 13.8 Å². The molecule has 0 aromatic carbocycles. The van der Waals surface area contributed by atoms with Crippen LogP contribution in [0.1, 0.15) is 26.7 Å². The zero-order valence-electron chi connectivity index (χ0n) is 8.29. The summed E-state index contributed by atoms with van der Waals surface area (Å²) < 4.78 is 0. The quantitative estimate of drug-likeness (QED) is 0.652. The molecule has 0 amide bonds. The Morgan fingerprint density at radius 2 is 2.17 bits per heavy atom. The van der Waals surface area contributed by atoms with E-state index in [-0.39, 0.29) is 0 Å². The van der Waals surface area contributed by atoms with Crippen LogP contribution in [0.3, 0.4) is 0 Å². The first-order chi connectivity index (χ1) is 5.76. The van der Waals surface area contributed by atoms with Gasteiger partial charge in [0.1, 0.15) is 0 Å². The Bertz CT molecular complexity index is 123. The van der Waals surface area contributed by atoms with Gasteiger partial charge in [-0.3, -0.25) is 0 Å². The van der Waals surface area contributed by atoms with Gasteiger partial charge in [0.05, 0.1) is 0 Å². The monoisotopic (exact) mass is 171 g/mol. The van der Waals surface area contributed by atoms with E-state index in [1.165, 1.54) is 19.4 Å². The fourth-order valence-electron chi connectivity index (χ4n) is 1.50. The van der Waals surface area contributed by atoms with E-state index in [2.05, 4.69) is 18.7 Å². The largest absolute Gasteiger partial charge is 0.396 e. The molecule has 0 heterocycles. The SMILES string of the molecule is CCN(CC(C)CO)CC1CC1. The van der Waals surface area contributed by atoms with Gasteiger partial charge in [-0.25, -0.2) is 0 Å². The second-order valence-electron chi connectivity index (χ2n) is 4.08. The van der Waals surface area contributed by atoms with Crippen molar-refractivity contribution in [1.82, 2.24) is 4.90 Å². The van der Waals surface area contributed by atoms with E-state index in [0.717, 1.165) is 19.0 Å². The fraction of sp³-hybridized carbons (Fsp3) is 1.00. The second-order valence-corrected chi connectivity index (χ2v) is 4.08. The van der Waals surface area contributed by atoms with E-state index in [1.807, 2.05) is 0 Å². The lowest BCUT2D eigenvalue weighted by atomic mass is 10.2. The van der Waals surface area contributed by atoms with Gasteiger partial charge in [-0.15, -0.1) is 0 Å². The molecule has 1 fully saturated rings. The minimum absolute atomic E-state index is 0.321. The zero-order valence-corrected chi connectivity index (χ0v) is 8.29. The molecule has 0 aliphatic heterocycles. The second kappa shape index (κ2) is 4.83. The summed E-state index contributed by atoms with van der Waals surface area (Å²) in [5.41, 5.74) is 0. The lowest BCUT2D eigenvalue weighted by Crippen LogP contribution is -2.31. The number of rotatable bonds is 6. The van der Waals surface area contributed by atoms with Crippen molar-refractivity contribution >= 4 is 0 Å². The molecule has 1 saturated carbocycles. The molecule has 0 bridgehead atoms. The van der Waals surface area contributed by atoms with Crippen LogP contribution in [0.25, 0.3) is 0 Å². The molecule has 2 nitrogen and oxygen atoms in total. The molecule has 72 valence electrons. The lowest BCUT2D eigenvalue weighted by Gasteiger charge is -2.22. The highest BCUT2D eigenvalue weighted by atomic mass is 16.3. The van der Waals surface area contributed by atoms with Crippen LogP contribution in [0.4, 0.5) is 0 Å². The molecule has 0 radical (unpaired) electrons. The Hall–Kier alpha value is -0.0800. The first kappa shape index (κ1) is 10.0. The third kappa shape index (κ3) is 3.55. The lowest BCUT2D eigenvalue weighted by molar-refractivity contribution is 0.173. The minimum atomic E-state index is 0.321. The molecule has 2 heteroatoms. The van der Waals surface area contributed by atoms with Crippen LogP contribution in [0, 0.1) is 11.8 Å². The van der Waals surface area contributed by atoms with Crippen molar-refractivity contribution in [3.05, 3.63) is 0 Å². The van der Waals surface area contributed by atoms with E-state index in [4.69, 9.17) is 5.11 Å². The van der Waals surface area contributed by atoms with Gasteiger partial charge in [0.25, 0.3) is 0 Å². The van der Waals surface area contributed by atoms with Crippen molar-refractivity contribution < 1.29 is 5.11 Å².